The lowest BCUT2D eigenvalue weighted by Gasteiger charge is -2.18. The van der Waals surface area contributed by atoms with Crippen molar-refractivity contribution in [3.8, 4) is 5.75 Å². The maximum Gasteiger partial charge on any atom is 0.163 e. The first-order chi connectivity index (χ1) is 11.5. The summed E-state index contributed by atoms with van der Waals surface area (Å²) >= 11 is 5.93. The molecule has 0 heterocycles. The van der Waals surface area contributed by atoms with Crippen LogP contribution in [-0.4, -0.2) is 12.4 Å². The molecule has 24 heavy (non-hydrogen) atoms. The van der Waals surface area contributed by atoms with Crippen molar-refractivity contribution >= 4 is 23.0 Å². The van der Waals surface area contributed by atoms with Gasteiger partial charge in [-0.2, -0.15) is 0 Å². The van der Waals surface area contributed by atoms with Crippen molar-refractivity contribution in [1.29, 1.82) is 0 Å². The zero-order chi connectivity index (χ0) is 17.1. The second-order valence-corrected chi connectivity index (χ2v) is 5.96. The monoisotopic (exact) mass is 341 g/mol. The van der Waals surface area contributed by atoms with Gasteiger partial charge in [0.15, 0.2) is 5.78 Å². The summed E-state index contributed by atoms with van der Waals surface area (Å²) in [6.07, 6.45) is 2.15. The molecule has 0 saturated carbocycles. The standard InChI is InChI=1S/C20H15ClFO2/c1-13-16(12-24-19-4-2-3-17(21)11-19)9-15(10-20(13)23)14-5-7-18(22)8-6-14/h2-9,11H,1,10,12H2. The highest BCUT2D eigenvalue weighted by Crippen LogP contribution is 2.29. The Labute approximate surface area is 145 Å². The minimum atomic E-state index is -0.306. The number of rotatable bonds is 4. The molecular weight excluding hydrogens is 327 g/mol. The van der Waals surface area contributed by atoms with Gasteiger partial charge in [0.2, 0.25) is 0 Å². The molecule has 0 amide bonds. The number of halogens is 2. The number of carbonyl (C=O) groups excluding carboxylic acids is 1. The lowest BCUT2D eigenvalue weighted by molar-refractivity contribution is -0.114. The van der Waals surface area contributed by atoms with Crippen LogP contribution < -0.4 is 4.74 Å². The largest absolute Gasteiger partial charge is 0.489 e. The summed E-state index contributed by atoms with van der Waals surface area (Å²) < 4.78 is 18.8. The summed E-state index contributed by atoms with van der Waals surface area (Å²) in [5.41, 5.74) is 2.81. The fraction of sp³-hybridized carbons (Fsp3) is 0.100. The Morgan fingerprint density at radius 1 is 1.17 bits per heavy atom. The van der Waals surface area contributed by atoms with Gasteiger partial charge in [-0.05, 0) is 54.0 Å². The molecule has 0 atom stereocenters. The number of allylic oxidation sites excluding steroid dienone is 2. The minimum Gasteiger partial charge on any atom is -0.489 e. The molecule has 0 saturated heterocycles. The van der Waals surface area contributed by atoms with Crippen LogP contribution in [0.5, 0.6) is 5.75 Å². The highest BCUT2D eigenvalue weighted by molar-refractivity contribution is 6.30. The molecule has 0 spiro atoms. The zero-order valence-electron chi connectivity index (χ0n) is 12.9. The number of carbonyl (C=O) groups is 1. The Balaban J connectivity index is 1.83. The summed E-state index contributed by atoms with van der Waals surface area (Å²) in [5, 5.41) is 0.582. The second-order valence-electron chi connectivity index (χ2n) is 5.53. The van der Waals surface area contributed by atoms with E-state index in [9.17, 15) is 9.18 Å². The van der Waals surface area contributed by atoms with Crippen LogP contribution in [0.15, 0.2) is 65.8 Å². The maximum atomic E-state index is 13.1. The summed E-state index contributed by atoms with van der Waals surface area (Å²) in [4.78, 5) is 12.2. The smallest absolute Gasteiger partial charge is 0.163 e. The van der Waals surface area contributed by atoms with Crippen LogP contribution in [0.4, 0.5) is 4.39 Å². The van der Waals surface area contributed by atoms with Crippen LogP contribution in [0.2, 0.25) is 5.02 Å². The van der Waals surface area contributed by atoms with Crippen molar-refractivity contribution in [3.63, 3.8) is 0 Å². The molecule has 4 heteroatoms. The van der Waals surface area contributed by atoms with E-state index in [-0.39, 0.29) is 24.6 Å². The molecule has 0 aliphatic heterocycles. The maximum absolute atomic E-state index is 13.1. The number of ketones is 1. The van der Waals surface area contributed by atoms with E-state index in [1.807, 2.05) is 6.08 Å². The molecule has 0 unspecified atom stereocenters. The van der Waals surface area contributed by atoms with E-state index in [0.717, 1.165) is 11.1 Å². The Bertz CT molecular complexity index is 835. The predicted octanol–water partition coefficient (Wildman–Crippen LogP) is 5.04. The molecule has 0 N–H and O–H groups in total. The normalized spacial score (nSPS) is 14.6. The number of Topliss-reactive ketones (excluding diaryl/α,β-unsaturated/α-hetero) is 1. The molecular formula is C20H15ClFO2. The molecule has 121 valence electrons. The molecule has 3 rings (SSSR count). The van der Waals surface area contributed by atoms with Crippen LogP contribution in [0.3, 0.4) is 0 Å². The Hall–Kier alpha value is -2.39. The Morgan fingerprint density at radius 2 is 1.92 bits per heavy atom. The van der Waals surface area contributed by atoms with Gasteiger partial charge < -0.3 is 4.74 Å². The van der Waals surface area contributed by atoms with Crippen molar-refractivity contribution in [3.05, 3.63) is 89.1 Å². The van der Waals surface area contributed by atoms with Gasteiger partial charge in [-0.25, -0.2) is 4.39 Å². The SMILES string of the molecule is [CH2]C1=C(COc2cccc(Cl)c2)C=C(c2ccc(F)cc2)CC1=O. The second kappa shape index (κ2) is 7.02. The molecule has 2 aromatic rings. The summed E-state index contributed by atoms with van der Waals surface area (Å²) in [5.74, 6) is 0.262. The van der Waals surface area contributed by atoms with E-state index in [2.05, 4.69) is 6.92 Å². The molecule has 2 nitrogen and oxygen atoms in total. The predicted molar refractivity (Wildman–Crippen MR) is 93.3 cm³/mol. The first kappa shape index (κ1) is 16.5. The lowest BCUT2D eigenvalue weighted by Crippen LogP contribution is -2.13. The molecule has 1 radical (unpaired) electrons. The fourth-order valence-electron chi connectivity index (χ4n) is 2.50. The highest BCUT2D eigenvalue weighted by atomic mass is 35.5. The van der Waals surface area contributed by atoms with Crippen molar-refractivity contribution in [2.24, 2.45) is 0 Å². The van der Waals surface area contributed by atoms with Gasteiger partial charge in [-0.1, -0.05) is 35.9 Å². The third-order valence-electron chi connectivity index (χ3n) is 3.83. The van der Waals surface area contributed by atoms with E-state index >= 15 is 0 Å². The van der Waals surface area contributed by atoms with E-state index in [4.69, 9.17) is 16.3 Å². The van der Waals surface area contributed by atoms with Crippen molar-refractivity contribution in [2.45, 2.75) is 6.42 Å². The van der Waals surface area contributed by atoms with Gasteiger partial charge in [0.05, 0.1) is 0 Å². The third-order valence-corrected chi connectivity index (χ3v) is 4.06. The topological polar surface area (TPSA) is 26.3 Å². The van der Waals surface area contributed by atoms with Crippen molar-refractivity contribution in [2.75, 3.05) is 6.61 Å². The number of benzene rings is 2. The fourth-order valence-corrected chi connectivity index (χ4v) is 2.68. The Morgan fingerprint density at radius 3 is 2.62 bits per heavy atom. The van der Waals surface area contributed by atoms with Crippen molar-refractivity contribution in [1.82, 2.24) is 0 Å². The molecule has 1 aliphatic rings. The minimum absolute atomic E-state index is 0.0541. The quantitative estimate of drug-likeness (QED) is 0.778. The average molecular weight is 342 g/mol. The zero-order valence-corrected chi connectivity index (χ0v) is 13.6. The van der Waals surface area contributed by atoms with Crippen molar-refractivity contribution < 1.29 is 13.9 Å². The van der Waals surface area contributed by atoms with E-state index in [1.54, 1.807) is 36.4 Å². The third kappa shape index (κ3) is 3.74. The molecule has 0 bridgehead atoms. The van der Waals surface area contributed by atoms with Gasteiger partial charge >= 0.3 is 0 Å². The van der Waals surface area contributed by atoms with Crippen LogP contribution in [0, 0.1) is 12.7 Å². The van der Waals surface area contributed by atoms with E-state index in [0.29, 0.717) is 21.9 Å². The molecule has 0 aromatic heterocycles. The van der Waals surface area contributed by atoms with Crippen LogP contribution in [0.25, 0.3) is 5.57 Å². The van der Waals surface area contributed by atoms with Gasteiger partial charge in [-0.15, -0.1) is 0 Å². The van der Waals surface area contributed by atoms with Crippen LogP contribution in [0.1, 0.15) is 12.0 Å². The summed E-state index contributed by atoms with van der Waals surface area (Å²) in [6, 6.07) is 13.2. The molecule has 2 aromatic carbocycles. The van der Waals surface area contributed by atoms with Crippen LogP contribution >= 0.6 is 11.6 Å². The molecule has 0 fully saturated rings. The van der Waals surface area contributed by atoms with Gasteiger partial charge in [0.1, 0.15) is 18.2 Å². The highest BCUT2D eigenvalue weighted by Gasteiger charge is 2.19. The summed E-state index contributed by atoms with van der Waals surface area (Å²) in [7, 11) is 0. The average Bonchev–Trinajstić information content (AvgIpc) is 2.57. The van der Waals surface area contributed by atoms with Gasteiger partial charge in [0.25, 0.3) is 0 Å². The first-order valence-electron chi connectivity index (χ1n) is 7.46. The molecule has 1 aliphatic carbocycles. The van der Waals surface area contributed by atoms with Gasteiger partial charge in [-0.3, -0.25) is 4.79 Å². The lowest BCUT2D eigenvalue weighted by atomic mass is 9.88. The van der Waals surface area contributed by atoms with Gasteiger partial charge in [0, 0.05) is 17.0 Å². The number of ether oxygens (including phenoxy) is 1. The number of hydrogen-bond acceptors (Lipinski definition) is 2. The van der Waals surface area contributed by atoms with E-state index in [1.165, 1.54) is 12.1 Å². The summed E-state index contributed by atoms with van der Waals surface area (Å²) in [6.45, 7) is 4.07. The first-order valence-corrected chi connectivity index (χ1v) is 7.84. The van der Waals surface area contributed by atoms with Crippen LogP contribution in [-0.2, 0) is 4.79 Å². The van der Waals surface area contributed by atoms with E-state index < -0.39 is 0 Å². The number of hydrogen-bond donors (Lipinski definition) is 0. The Kier molecular flexibility index (Phi) is 4.81.